The first kappa shape index (κ1) is 14.2. The van der Waals surface area contributed by atoms with Crippen LogP contribution in [0.1, 0.15) is 23.0 Å². The van der Waals surface area contributed by atoms with Crippen LogP contribution in [0, 0.1) is 5.82 Å². The molecular formula is C15H18FNOS. The Bertz CT molecular complexity index is 501. The average Bonchev–Trinajstić information content (AvgIpc) is 2.89. The molecular weight excluding hydrogens is 261 g/mol. The van der Waals surface area contributed by atoms with E-state index in [0.29, 0.717) is 12.0 Å². The zero-order chi connectivity index (χ0) is 13.7. The van der Waals surface area contributed by atoms with Crippen molar-refractivity contribution in [2.45, 2.75) is 19.1 Å². The molecule has 1 heterocycles. The highest BCUT2D eigenvalue weighted by Crippen LogP contribution is 2.20. The molecule has 0 spiro atoms. The van der Waals surface area contributed by atoms with Gasteiger partial charge in [0.05, 0.1) is 6.10 Å². The molecule has 0 fully saturated rings. The van der Waals surface area contributed by atoms with Gasteiger partial charge < -0.3 is 10.0 Å². The van der Waals surface area contributed by atoms with Gasteiger partial charge in [-0.2, -0.15) is 0 Å². The molecule has 0 saturated heterocycles. The lowest BCUT2D eigenvalue weighted by atomic mass is 10.1. The maximum Gasteiger partial charge on any atom is 0.128 e. The monoisotopic (exact) mass is 279 g/mol. The summed E-state index contributed by atoms with van der Waals surface area (Å²) in [6.07, 6.45) is -0.213. The van der Waals surface area contributed by atoms with E-state index < -0.39 is 6.10 Å². The summed E-state index contributed by atoms with van der Waals surface area (Å²) in [4.78, 5) is 3.43. The van der Waals surface area contributed by atoms with Crippen molar-refractivity contribution in [1.82, 2.24) is 4.90 Å². The van der Waals surface area contributed by atoms with Gasteiger partial charge in [0.2, 0.25) is 0 Å². The van der Waals surface area contributed by atoms with Gasteiger partial charge in [-0.05, 0) is 31.0 Å². The molecule has 0 aliphatic carbocycles. The summed E-state index contributed by atoms with van der Waals surface area (Å²) in [6, 6.07) is 10.5. The van der Waals surface area contributed by atoms with Gasteiger partial charge in [0, 0.05) is 23.5 Å². The third kappa shape index (κ3) is 4.13. The number of aliphatic hydroxyl groups excluding tert-OH is 1. The molecule has 2 nitrogen and oxygen atoms in total. The molecule has 19 heavy (non-hydrogen) atoms. The minimum absolute atomic E-state index is 0.337. The van der Waals surface area contributed by atoms with Crippen molar-refractivity contribution >= 4 is 11.3 Å². The van der Waals surface area contributed by atoms with Crippen LogP contribution in [0.2, 0.25) is 0 Å². The number of hydrogen-bond acceptors (Lipinski definition) is 3. The van der Waals surface area contributed by atoms with E-state index in [1.54, 1.807) is 29.5 Å². The molecule has 0 amide bonds. The lowest BCUT2D eigenvalue weighted by Gasteiger charge is -2.18. The Morgan fingerprint density at radius 3 is 2.74 bits per heavy atom. The predicted molar refractivity (Wildman–Crippen MR) is 76.6 cm³/mol. The number of nitrogens with zero attached hydrogens (tertiary/aromatic N) is 1. The van der Waals surface area contributed by atoms with Gasteiger partial charge in [0.25, 0.3) is 0 Å². The van der Waals surface area contributed by atoms with Gasteiger partial charge in [-0.25, -0.2) is 4.39 Å². The van der Waals surface area contributed by atoms with Crippen LogP contribution in [-0.4, -0.2) is 23.6 Å². The second-order valence-corrected chi connectivity index (χ2v) is 5.68. The fourth-order valence-electron chi connectivity index (χ4n) is 1.99. The number of benzene rings is 1. The number of thiophene rings is 1. The Morgan fingerprint density at radius 1 is 1.26 bits per heavy atom. The highest BCUT2D eigenvalue weighted by Gasteiger charge is 2.13. The van der Waals surface area contributed by atoms with Crippen molar-refractivity contribution in [2.24, 2.45) is 0 Å². The average molecular weight is 279 g/mol. The van der Waals surface area contributed by atoms with Crippen molar-refractivity contribution in [3.63, 3.8) is 0 Å². The molecule has 1 aromatic carbocycles. The van der Waals surface area contributed by atoms with Crippen LogP contribution in [-0.2, 0) is 6.54 Å². The van der Waals surface area contributed by atoms with E-state index in [2.05, 4.69) is 16.3 Å². The normalized spacial score (nSPS) is 12.8. The van der Waals surface area contributed by atoms with Crippen LogP contribution in [0.25, 0.3) is 0 Å². The fourth-order valence-corrected chi connectivity index (χ4v) is 2.78. The van der Waals surface area contributed by atoms with Gasteiger partial charge in [-0.1, -0.05) is 24.3 Å². The van der Waals surface area contributed by atoms with E-state index >= 15 is 0 Å². The Kier molecular flexibility index (Phi) is 5.07. The zero-order valence-corrected chi connectivity index (χ0v) is 11.7. The summed E-state index contributed by atoms with van der Waals surface area (Å²) in [5.41, 5.74) is 0.382. The van der Waals surface area contributed by atoms with Crippen LogP contribution in [0.3, 0.4) is 0 Å². The number of hydrogen-bond donors (Lipinski definition) is 1. The van der Waals surface area contributed by atoms with Crippen LogP contribution >= 0.6 is 11.3 Å². The van der Waals surface area contributed by atoms with Gasteiger partial charge >= 0.3 is 0 Å². The summed E-state index contributed by atoms with van der Waals surface area (Å²) in [5.74, 6) is -0.337. The van der Waals surface area contributed by atoms with E-state index in [0.717, 1.165) is 13.1 Å². The van der Waals surface area contributed by atoms with E-state index in [1.165, 1.54) is 10.9 Å². The minimum atomic E-state index is -0.744. The lowest BCUT2D eigenvalue weighted by Crippen LogP contribution is -2.20. The molecule has 102 valence electrons. The Morgan fingerprint density at radius 2 is 2.05 bits per heavy atom. The number of aliphatic hydroxyl groups is 1. The Labute approximate surface area is 117 Å². The molecule has 1 atom stereocenters. The second kappa shape index (κ2) is 6.80. The third-order valence-corrected chi connectivity index (χ3v) is 3.92. The third-order valence-electron chi connectivity index (χ3n) is 3.05. The van der Waals surface area contributed by atoms with Crippen molar-refractivity contribution in [1.29, 1.82) is 0 Å². The lowest BCUT2D eigenvalue weighted by molar-refractivity contribution is 0.144. The molecule has 0 bridgehead atoms. The molecule has 2 aromatic rings. The minimum Gasteiger partial charge on any atom is -0.388 e. The smallest absolute Gasteiger partial charge is 0.128 e. The standard InChI is InChI=1S/C15H18FNOS/c1-17(11-12-5-4-10-19-12)9-8-15(18)13-6-2-3-7-14(13)16/h2-7,10,15,18H,8-9,11H2,1H3. The van der Waals surface area contributed by atoms with Crippen molar-refractivity contribution in [3.8, 4) is 0 Å². The van der Waals surface area contributed by atoms with Gasteiger partial charge in [-0.15, -0.1) is 11.3 Å². The SMILES string of the molecule is CN(CCC(O)c1ccccc1F)Cc1cccs1. The summed E-state index contributed by atoms with van der Waals surface area (Å²) in [5, 5.41) is 12.1. The first-order valence-electron chi connectivity index (χ1n) is 6.30. The summed E-state index contributed by atoms with van der Waals surface area (Å²) >= 11 is 1.72. The predicted octanol–water partition coefficient (Wildman–Crippen LogP) is 3.44. The number of rotatable bonds is 6. The summed E-state index contributed by atoms with van der Waals surface area (Å²) in [7, 11) is 2.01. The highest BCUT2D eigenvalue weighted by atomic mass is 32.1. The molecule has 4 heteroatoms. The molecule has 0 aliphatic rings. The Hall–Kier alpha value is -1.23. The van der Waals surface area contributed by atoms with Gasteiger partial charge in [-0.3, -0.25) is 0 Å². The molecule has 1 aromatic heterocycles. The maximum absolute atomic E-state index is 13.5. The van der Waals surface area contributed by atoms with Crippen LogP contribution in [0.4, 0.5) is 4.39 Å². The molecule has 0 aliphatic heterocycles. The first-order valence-corrected chi connectivity index (χ1v) is 7.18. The van der Waals surface area contributed by atoms with E-state index in [4.69, 9.17) is 0 Å². The Balaban J connectivity index is 1.83. The van der Waals surface area contributed by atoms with Crippen LogP contribution < -0.4 is 0 Å². The molecule has 1 N–H and O–H groups in total. The summed E-state index contributed by atoms with van der Waals surface area (Å²) in [6.45, 7) is 1.59. The van der Waals surface area contributed by atoms with Crippen LogP contribution in [0.5, 0.6) is 0 Å². The molecule has 0 radical (unpaired) electrons. The van der Waals surface area contributed by atoms with Crippen molar-refractivity contribution in [3.05, 3.63) is 58.0 Å². The van der Waals surface area contributed by atoms with Crippen LogP contribution in [0.15, 0.2) is 41.8 Å². The largest absolute Gasteiger partial charge is 0.388 e. The van der Waals surface area contributed by atoms with E-state index in [9.17, 15) is 9.50 Å². The quantitative estimate of drug-likeness (QED) is 0.875. The van der Waals surface area contributed by atoms with Crippen molar-refractivity contribution in [2.75, 3.05) is 13.6 Å². The van der Waals surface area contributed by atoms with E-state index in [1.807, 2.05) is 13.1 Å². The molecule has 0 saturated carbocycles. The molecule has 2 rings (SSSR count). The van der Waals surface area contributed by atoms with Gasteiger partial charge in [0.15, 0.2) is 0 Å². The zero-order valence-electron chi connectivity index (χ0n) is 10.9. The molecule has 1 unspecified atom stereocenters. The highest BCUT2D eigenvalue weighted by molar-refractivity contribution is 7.09. The maximum atomic E-state index is 13.5. The van der Waals surface area contributed by atoms with Crippen molar-refractivity contribution < 1.29 is 9.50 Å². The first-order chi connectivity index (χ1) is 9.16. The number of halogens is 1. The topological polar surface area (TPSA) is 23.5 Å². The van der Waals surface area contributed by atoms with E-state index in [-0.39, 0.29) is 5.82 Å². The fraction of sp³-hybridized carbons (Fsp3) is 0.333. The summed E-state index contributed by atoms with van der Waals surface area (Å²) < 4.78 is 13.5. The van der Waals surface area contributed by atoms with Gasteiger partial charge in [0.1, 0.15) is 5.82 Å². The second-order valence-electron chi connectivity index (χ2n) is 4.64.